The highest BCUT2D eigenvalue weighted by Crippen LogP contribution is 2.25. The lowest BCUT2D eigenvalue weighted by Crippen LogP contribution is -2.27. The lowest BCUT2D eigenvalue weighted by Gasteiger charge is -2.23. The van der Waals surface area contributed by atoms with Crippen LogP contribution in [0.2, 0.25) is 0 Å². The van der Waals surface area contributed by atoms with Gasteiger partial charge >= 0.3 is 5.63 Å². The fourth-order valence-electron chi connectivity index (χ4n) is 3.34. The maximum absolute atomic E-state index is 12.2. The molecular formula is C22H28N2O2S. The molecule has 0 saturated heterocycles. The first-order valence-corrected chi connectivity index (χ1v) is 10.2. The first-order valence-electron chi connectivity index (χ1n) is 9.36. The molecule has 0 aliphatic heterocycles. The van der Waals surface area contributed by atoms with Crippen molar-refractivity contribution in [3.05, 3.63) is 67.7 Å². The number of hydrogen-bond donors (Lipinski definition) is 0. The van der Waals surface area contributed by atoms with Crippen molar-refractivity contribution in [1.82, 2.24) is 9.80 Å². The van der Waals surface area contributed by atoms with Gasteiger partial charge < -0.3 is 9.32 Å². The van der Waals surface area contributed by atoms with E-state index in [-0.39, 0.29) is 5.63 Å². The Balaban J connectivity index is 1.90. The van der Waals surface area contributed by atoms with Gasteiger partial charge in [-0.05, 0) is 69.0 Å². The summed E-state index contributed by atoms with van der Waals surface area (Å²) < 4.78 is 5.54. The van der Waals surface area contributed by atoms with Crippen molar-refractivity contribution in [1.29, 1.82) is 0 Å². The average molecular weight is 385 g/mol. The number of nitrogens with zero attached hydrogens (tertiary/aromatic N) is 2. The van der Waals surface area contributed by atoms with Crippen LogP contribution >= 0.6 is 11.3 Å². The van der Waals surface area contributed by atoms with Crippen LogP contribution in [-0.4, -0.2) is 37.0 Å². The molecule has 0 amide bonds. The van der Waals surface area contributed by atoms with Gasteiger partial charge in [0.1, 0.15) is 5.58 Å². The highest BCUT2D eigenvalue weighted by molar-refractivity contribution is 7.09. The summed E-state index contributed by atoms with van der Waals surface area (Å²) in [6, 6.07) is 10.1. The minimum atomic E-state index is -0.268. The van der Waals surface area contributed by atoms with Crippen molar-refractivity contribution in [3.63, 3.8) is 0 Å². The van der Waals surface area contributed by atoms with Crippen LogP contribution in [0.15, 0.2) is 44.9 Å². The highest BCUT2D eigenvalue weighted by Gasteiger charge is 2.14. The third-order valence-electron chi connectivity index (χ3n) is 4.95. The first kappa shape index (κ1) is 19.8. The number of hydrogen-bond acceptors (Lipinski definition) is 5. The van der Waals surface area contributed by atoms with Crippen LogP contribution in [0, 0.1) is 13.8 Å². The van der Waals surface area contributed by atoms with E-state index in [2.05, 4.69) is 53.5 Å². The zero-order valence-electron chi connectivity index (χ0n) is 16.6. The zero-order valence-corrected chi connectivity index (χ0v) is 17.4. The van der Waals surface area contributed by atoms with Crippen molar-refractivity contribution in [2.24, 2.45) is 0 Å². The second-order valence-electron chi connectivity index (χ2n) is 7.42. The summed E-state index contributed by atoms with van der Waals surface area (Å²) in [6.45, 7) is 7.75. The van der Waals surface area contributed by atoms with E-state index in [0.29, 0.717) is 0 Å². The molecule has 3 rings (SSSR count). The summed E-state index contributed by atoms with van der Waals surface area (Å²) in [5, 5.41) is 3.16. The number of thiophene rings is 1. The van der Waals surface area contributed by atoms with E-state index in [9.17, 15) is 4.79 Å². The van der Waals surface area contributed by atoms with Gasteiger partial charge in [0.15, 0.2) is 0 Å². The molecule has 4 nitrogen and oxygen atoms in total. The Labute approximate surface area is 165 Å². The second-order valence-corrected chi connectivity index (χ2v) is 8.45. The summed E-state index contributed by atoms with van der Waals surface area (Å²) in [6.07, 6.45) is 1.09. The SMILES string of the molecule is Cc1ccc2c(CN(CCCN(C)C)Cc3cccs3)cc(=O)oc2c1C. The van der Waals surface area contributed by atoms with Crippen LogP contribution < -0.4 is 5.63 Å². The van der Waals surface area contributed by atoms with Gasteiger partial charge in [0.2, 0.25) is 0 Å². The molecule has 2 aromatic heterocycles. The second kappa shape index (κ2) is 8.83. The normalized spacial score (nSPS) is 11.8. The predicted molar refractivity (Wildman–Crippen MR) is 114 cm³/mol. The van der Waals surface area contributed by atoms with E-state index >= 15 is 0 Å². The first-order chi connectivity index (χ1) is 12.9. The summed E-state index contributed by atoms with van der Waals surface area (Å²) >= 11 is 1.78. The van der Waals surface area contributed by atoms with Gasteiger partial charge in [-0.1, -0.05) is 18.2 Å². The van der Waals surface area contributed by atoms with E-state index < -0.39 is 0 Å². The molecule has 0 unspecified atom stereocenters. The zero-order chi connectivity index (χ0) is 19.4. The number of benzene rings is 1. The van der Waals surface area contributed by atoms with Gasteiger partial charge in [-0.15, -0.1) is 11.3 Å². The van der Waals surface area contributed by atoms with Crippen molar-refractivity contribution in [3.8, 4) is 0 Å². The lowest BCUT2D eigenvalue weighted by molar-refractivity contribution is 0.242. The fourth-order valence-corrected chi connectivity index (χ4v) is 4.09. The summed E-state index contributed by atoms with van der Waals surface area (Å²) in [7, 11) is 4.20. The van der Waals surface area contributed by atoms with Crippen LogP contribution in [0.1, 0.15) is 28.0 Å². The molecule has 0 saturated carbocycles. The van der Waals surface area contributed by atoms with Crippen molar-refractivity contribution < 1.29 is 4.42 Å². The molecule has 0 fully saturated rings. The van der Waals surface area contributed by atoms with Crippen LogP contribution in [0.4, 0.5) is 0 Å². The van der Waals surface area contributed by atoms with Crippen LogP contribution in [0.25, 0.3) is 11.0 Å². The number of rotatable bonds is 8. The Morgan fingerprint density at radius 2 is 1.89 bits per heavy atom. The van der Waals surface area contributed by atoms with Gasteiger partial charge in [-0.3, -0.25) is 4.90 Å². The van der Waals surface area contributed by atoms with Crippen LogP contribution in [0.5, 0.6) is 0 Å². The lowest BCUT2D eigenvalue weighted by atomic mass is 10.0. The molecule has 3 aromatic rings. The fraction of sp³-hybridized carbons (Fsp3) is 0.409. The minimum Gasteiger partial charge on any atom is -0.422 e. The summed E-state index contributed by atoms with van der Waals surface area (Å²) in [4.78, 5) is 18.2. The molecule has 0 radical (unpaired) electrons. The molecule has 0 bridgehead atoms. The molecule has 0 N–H and O–H groups in total. The monoisotopic (exact) mass is 384 g/mol. The Bertz CT molecular complexity index is 945. The largest absolute Gasteiger partial charge is 0.422 e. The number of aryl methyl sites for hydroxylation is 2. The molecule has 1 aromatic carbocycles. The Morgan fingerprint density at radius 1 is 1.07 bits per heavy atom. The van der Waals surface area contributed by atoms with Gasteiger partial charge in [-0.25, -0.2) is 4.79 Å². The standard InChI is InChI=1S/C22H28N2O2S/c1-16-8-9-20-18(13-21(25)26-22(20)17(16)2)14-24(11-6-10-23(3)4)15-19-7-5-12-27-19/h5,7-9,12-13H,6,10-11,14-15H2,1-4H3. The van der Waals surface area contributed by atoms with E-state index in [0.717, 1.165) is 60.3 Å². The van der Waals surface area contributed by atoms with Crippen molar-refractivity contribution in [2.45, 2.75) is 33.4 Å². The third kappa shape index (κ3) is 5.06. The van der Waals surface area contributed by atoms with Crippen molar-refractivity contribution in [2.75, 3.05) is 27.2 Å². The van der Waals surface area contributed by atoms with Gasteiger partial charge in [0.25, 0.3) is 0 Å². The van der Waals surface area contributed by atoms with Gasteiger partial charge in [-0.2, -0.15) is 0 Å². The van der Waals surface area contributed by atoms with Crippen molar-refractivity contribution >= 4 is 22.3 Å². The average Bonchev–Trinajstić information content (AvgIpc) is 3.11. The third-order valence-corrected chi connectivity index (χ3v) is 5.81. The minimum absolute atomic E-state index is 0.268. The highest BCUT2D eigenvalue weighted by atomic mass is 32.1. The molecule has 0 aliphatic rings. The molecule has 27 heavy (non-hydrogen) atoms. The van der Waals surface area contributed by atoms with Gasteiger partial charge in [0.05, 0.1) is 0 Å². The molecule has 0 atom stereocenters. The molecule has 5 heteroatoms. The van der Waals surface area contributed by atoms with Gasteiger partial charge in [0, 0.05) is 36.0 Å². The van der Waals surface area contributed by atoms with E-state index in [1.807, 2.05) is 13.8 Å². The summed E-state index contributed by atoms with van der Waals surface area (Å²) in [5.74, 6) is 0. The summed E-state index contributed by atoms with van der Waals surface area (Å²) in [5.41, 5.74) is 3.69. The van der Waals surface area contributed by atoms with E-state index in [1.54, 1.807) is 17.4 Å². The smallest absolute Gasteiger partial charge is 0.336 e. The van der Waals surface area contributed by atoms with E-state index in [4.69, 9.17) is 4.42 Å². The van der Waals surface area contributed by atoms with Crippen LogP contribution in [0.3, 0.4) is 0 Å². The Hall–Kier alpha value is -1.95. The van der Waals surface area contributed by atoms with E-state index in [1.165, 1.54) is 4.88 Å². The molecular weight excluding hydrogens is 356 g/mol. The Morgan fingerprint density at radius 3 is 2.59 bits per heavy atom. The quantitative estimate of drug-likeness (QED) is 0.539. The Kier molecular flexibility index (Phi) is 6.47. The maximum Gasteiger partial charge on any atom is 0.336 e. The predicted octanol–water partition coefficient (Wildman–Crippen LogP) is 4.43. The molecule has 2 heterocycles. The maximum atomic E-state index is 12.2. The molecule has 0 spiro atoms. The molecule has 144 valence electrons. The molecule has 0 aliphatic carbocycles. The topological polar surface area (TPSA) is 36.7 Å². The number of fused-ring (bicyclic) bond motifs is 1. The van der Waals surface area contributed by atoms with Crippen LogP contribution in [-0.2, 0) is 13.1 Å².